The Kier molecular flexibility index (Phi) is 6.82. The van der Waals surface area contributed by atoms with Crippen molar-refractivity contribution in [3.8, 4) is 0 Å². The molecule has 4 heteroatoms. The van der Waals surface area contributed by atoms with Gasteiger partial charge in [-0.1, -0.05) is 27.7 Å². The lowest BCUT2D eigenvalue weighted by atomic mass is 9.97. The average Bonchev–Trinajstić information content (AvgIpc) is 2.96. The summed E-state index contributed by atoms with van der Waals surface area (Å²) in [5.74, 6) is 1.81. The molecule has 23 heavy (non-hydrogen) atoms. The predicted octanol–water partition coefficient (Wildman–Crippen LogP) is 3.72. The molecule has 1 aliphatic heterocycles. The Bertz CT molecular complexity index is 493. The van der Waals surface area contributed by atoms with Crippen LogP contribution in [0.25, 0.3) is 0 Å². The van der Waals surface area contributed by atoms with Crippen LogP contribution in [0.4, 0.5) is 0 Å². The maximum Gasteiger partial charge on any atom is 0.135 e. The van der Waals surface area contributed by atoms with E-state index in [0.29, 0.717) is 17.6 Å². The molecule has 130 valence electrons. The first-order valence-corrected chi connectivity index (χ1v) is 9.23. The zero-order valence-corrected chi connectivity index (χ0v) is 15.3. The van der Waals surface area contributed by atoms with Crippen molar-refractivity contribution in [1.29, 1.82) is 0 Å². The number of carbonyl (C=O) groups is 1. The van der Waals surface area contributed by atoms with E-state index in [-0.39, 0.29) is 5.92 Å². The molecule has 4 nitrogen and oxygen atoms in total. The van der Waals surface area contributed by atoms with Crippen molar-refractivity contribution in [2.75, 3.05) is 19.6 Å². The van der Waals surface area contributed by atoms with E-state index in [1.165, 1.54) is 24.9 Å². The van der Waals surface area contributed by atoms with E-state index in [9.17, 15) is 4.79 Å². The summed E-state index contributed by atoms with van der Waals surface area (Å²) in [5, 5.41) is 4.51. The van der Waals surface area contributed by atoms with Crippen molar-refractivity contribution in [1.82, 2.24) is 14.7 Å². The van der Waals surface area contributed by atoms with Crippen LogP contribution in [0.5, 0.6) is 0 Å². The Labute approximate surface area is 141 Å². The minimum atomic E-state index is 0.180. The number of rotatable bonds is 8. The van der Waals surface area contributed by atoms with Gasteiger partial charge in [0.25, 0.3) is 0 Å². The van der Waals surface area contributed by atoms with Gasteiger partial charge in [0.2, 0.25) is 0 Å². The lowest BCUT2D eigenvalue weighted by Crippen LogP contribution is -2.37. The smallest absolute Gasteiger partial charge is 0.135 e. The van der Waals surface area contributed by atoms with Gasteiger partial charge in [0.15, 0.2) is 0 Å². The van der Waals surface area contributed by atoms with Crippen LogP contribution in [-0.4, -0.2) is 40.1 Å². The highest BCUT2D eigenvalue weighted by Crippen LogP contribution is 2.20. The summed E-state index contributed by atoms with van der Waals surface area (Å²) in [4.78, 5) is 14.3. The van der Waals surface area contributed by atoms with Gasteiger partial charge in [0, 0.05) is 31.6 Å². The number of hydrogen-bond acceptors (Lipinski definition) is 3. The number of likely N-dealkylation sites (tertiary alicyclic amines) is 1. The quantitative estimate of drug-likeness (QED) is 0.733. The summed E-state index contributed by atoms with van der Waals surface area (Å²) in [6.07, 6.45) is 8.49. The fourth-order valence-corrected chi connectivity index (χ4v) is 3.31. The molecule has 2 heterocycles. The van der Waals surface area contributed by atoms with Gasteiger partial charge < -0.3 is 4.90 Å². The molecule has 1 atom stereocenters. The highest BCUT2D eigenvalue weighted by atomic mass is 16.1. The normalized spacial score (nSPS) is 19.7. The molecule has 0 radical (unpaired) electrons. The average molecular weight is 319 g/mol. The van der Waals surface area contributed by atoms with Crippen LogP contribution in [0.3, 0.4) is 0 Å². The first kappa shape index (κ1) is 18.2. The van der Waals surface area contributed by atoms with Crippen molar-refractivity contribution in [3.63, 3.8) is 0 Å². The molecule has 0 spiro atoms. The van der Waals surface area contributed by atoms with Crippen LogP contribution in [-0.2, 0) is 11.3 Å². The molecule has 0 bridgehead atoms. The highest BCUT2D eigenvalue weighted by Gasteiger charge is 2.20. The SMILES string of the molecule is CC(C)C(=O)CCCN1CCCC(Cn2cc(C(C)C)cn2)C1. The second-order valence-electron chi connectivity index (χ2n) is 7.68. The zero-order chi connectivity index (χ0) is 16.8. The van der Waals surface area contributed by atoms with Gasteiger partial charge in [-0.25, -0.2) is 0 Å². The lowest BCUT2D eigenvalue weighted by Gasteiger charge is -2.32. The van der Waals surface area contributed by atoms with Gasteiger partial charge in [-0.15, -0.1) is 0 Å². The van der Waals surface area contributed by atoms with E-state index >= 15 is 0 Å². The number of hydrogen-bond donors (Lipinski definition) is 0. The van der Waals surface area contributed by atoms with Crippen LogP contribution in [0, 0.1) is 11.8 Å². The molecule has 0 amide bonds. The Morgan fingerprint density at radius 1 is 1.35 bits per heavy atom. The molecule has 1 aliphatic rings. The lowest BCUT2D eigenvalue weighted by molar-refractivity contribution is -0.122. The first-order chi connectivity index (χ1) is 11.0. The molecule has 0 N–H and O–H groups in total. The largest absolute Gasteiger partial charge is 0.303 e. The molecule has 1 unspecified atom stereocenters. The maximum absolute atomic E-state index is 11.7. The predicted molar refractivity (Wildman–Crippen MR) is 94.6 cm³/mol. The van der Waals surface area contributed by atoms with E-state index in [0.717, 1.165) is 32.5 Å². The van der Waals surface area contributed by atoms with Crippen molar-refractivity contribution in [3.05, 3.63) is 18.0 Å². The Morgan fingerprint density at radius 2 is 2.13 bits per heavy atom. The van der Waals surface area contributed by atoms with Gasteiger partial charge in [-0.05, 0) is 49.8 Å². The summed E-state index contributed by atoms with van der Waals surface area (Å²) >= 11 is 0. The molecule has 1 aromatic rings. The van der Waals surface area contributed by atoms with Crippen LogP contribution >= 0.6 is 0 Å². The molecular weight excluding hydrogens is 286 g/mol. The van der Waals surface area contributed by atoms with Gasteiger partial charge in [-0.3, -0.25) is 9.48 Å². The summed E-state index contributed by atoms with van der Waals surface area (Å²) < 4.78 is 2.12. The Balaban J connectivity index is 1.75. The highest BCUT2D eigenvalue weighted by molar-refractivity contribution is 5.80. The molecular formula is C19H33N3O. The monoisotopic (exact) mass is 319 g/mol. The summed E-state index contributed by atoms with van der Waals surface area (Å²) in [6, 6.07) is 0. The van der Waals surface area contributed by atoms with Crippen molar-refractivity contribution in [2.24, 2.45) is 11.8 Å². The van der Waals surface area contributed by atoms with E-state index in [1.54, 1.807) is 0 Å². The number of nitrogens with zero attached hydrogens (tertiary/aromatic N) is 3. The zero-order valence-electron chi connectivity index (χ0n) is 15.3. The number of ketones is 1. The Hall–Kier alpha value is -1.16. The third-order valence-electron chi connectivity index (χ3n) is 4.91. The van der Waals surface area contributed by atoms with Gasteiger partial charge >= 0.3 is 0 Å². The van der Waals surface area contributed by atoms with Crippen LogP contribution in [0.1, 0.15) is 64.9 Å². The first-order valence-electron chi connectivity index (χ1n) is 9.23. The molecule has 1 aromatic heterocycles. The fourth-order valence-electron chi connectivity index (χ4n) is 3.31. The van der Waals surface area contributed by atoms with E-state index in [4.69, 9.17) is 0 Å². The Morgan fingerprint density at radius 3 is 2.78 bits per heavy atom. The van der Waals surface area contributed by atoms with Crippen molar-refractivity contribution < 1.29 is 4.79 Å². The van der Waals surface area contributed by atoms with Gasteiger partial charge in [0.05, 0.1) is 6.20 Å². The number of carbonyl (C=O) groups excluding carboxylic acids is 1. The summed E-state index contributed by atoms with van der Waals surface area (Å²) in [7, 11) is 0. The number of piperidine rings is 1. The minimum Gasteiger partial charge on any atom is -0.303 e. The summed E-state index contributed by atoms with van der Waals surface area (Å²) in [5.41, 5.74) is 1.32. The van der Waals surface area contributed by atoms with Gasteiger partial charge in [0.1, 0.15) is 5.78 Å². The molecule has 0 aromatic carbocycles. The molecule has 2 rings (SSSR count). The van der Waals surface area contributed by atoms with Gasteiger partial charge in [-0.2, -0.15) is 5.10 Å². The number of Topliss-reactive ketones (excluding diaryl/α,β-unsaturated/α-hetero) is 1. The van der Waals surface area contributed by atoms with Crippen LogP contribution < -0.4 is 0 Å². The van der Waals surface area contributed by atoms with Crippen LogP contribution in [0.2, 0.25) is 0 Å². The molecule has 0 saturated carbocycles. The minimum absolute atomic E-state index is 0.180. The maximum atomic E-state index is 11.7. The number of aromatic nitrogens is 2. The standard InChI is InChI=1S/C19H33N3O/c1-15(2)18-11-20-22(14-18)13-17-7-5-9-21(12-17)10-6-8-19(23)16(3)4/h11,14-17H,5-10,12-13H2,1-4H3. The van der Waals surface area contributed by atoms with E-state index in [1.807, 2.05) is 20.0 Å². The van der Waals surface area contributed by atoms with Crippen LogP contribution in [0.15, 0.2) is 12.4 Å². The third kappa shape index (κ3) is 5.76. The van der Waals surface area contributed by atoms with E-state index in [2.05, 4.69) is 34.7 Å². The van der Waals surface area contributed by atoms with Crippen molar-refractivity contribution >= 4 is 5.78 Å². The summed E-state index contributed by atoms with van der Waals surface area (Å²) in [6.45, 7) is 12.8. The third-order valence-corrected chi connectivity index (χ3v) is 4.91. The van der Waals surface area contributed by atoms with E-state index < -0.39 is 0 Å². The molecule has 0 aliphatic carbocycles. The second-order valence-corrected chi connectivity index (χ2v) is 7.68. The second kappa shape index (κ2) is 8.62. The molecule has 1 fully saturated rings. The topological polar surface area (TPSA) is 38.1 Å². The van der Waals surface area contributed by atoms with Crippen molar-refractivity contribution in [2.45, 2.75) is 65.8 Å². The molecule has 1 saturated heterocycles. The fraction of sp³-hybridized carbons (Fsp3) is 0.789.